The number of hydrogen-bond donors (Lipinski definition) is 2. The Hall–Kier alpha value is -2.99. The van der Waals surface area contributed by atoms with Crippen LogP contribution in [0.1, 0.15) is 21.6 Å². The molecule has 0 aliphatic rings. The topological polar surface area (TPSA) is 80.0 Å². The van der Waals surface area contributed by atoms with Crippen LogP contribution in [0.25, 0.3) is 5.69 Å². The van der Waals surface area contributed by atoms with Gasteiger partial charge < -0.3 is 10.4 Å². The Bertz CT molecular complexity index is 826. The third-order valence-electron chi connectivity index (χ3n) is 3.77. The first-order valence-electron chi connectivity index (χ1n) is 7.65. The average Bonchev–Trinajstić information content (AvgIpc) is 2.99. The van der Waals surface area contributed by atoms with Gasteiger partial charge >= 0.3 is 0 Å². The maximum absolute atomic E-state index is 12.5. The van der Waals surface area contributed by atoms with E-state index in [1.54, 1.807) is 23.3 Å². The molecule has 24 heavy (non-hydrogen) atoms. The van der Waals surface area contributed by atoms with Crippen LogP contribution in [0.2, 0.25) is 0 Å². The zero-order chi connectivity index (χ0) is 16.9. The molecular weight excluding hydrogens is 304 g/mol. The lowest BCUT2D eigenvalue weighted by Crippen LogP contribution is -2.13. The van der Waals surface area contributed by atoms with Crippen molar-refractivity contribution in [3.8, 4) is 5.69 Å². The molecular formula is C18H18N4O2. The van der Waals surface area contributed by atoms with E-state index >= 15 is 0 Å². The molecule has 0 atom stereocenters. The number of aliphatic hydroxyl groups excluding tert-OH is 1. The number of anilines is 1. The molecule has 1 amide bonds. The molecule has 0 bridgehead atoms. The SMILES string of the molecule is Cc1c(C(=O)Nc2ccc(CCO)cc2)cnn1-c1ccncc1. The molecule has 6 heteroatoms. The van der Waals surface area contributed by atoms with Crippen LogP contribution in [0.3, 0.4) is 0 Å². The van der Waals surface area contributed by atoms with Crippen LogP contribution in [0.15, 0.2) is 55.0 Å². The lowest BCUT2D eigenvalue weighted by molar-refractivity contribution is 0.102. The second-order valence-electron chi connectivity index (χ2n) is 5.39. The van der Waals surface area contributed by atoms with Gasteiger partial charge in [-0.1, -0.05) is 12.1 Å². The number of benzene rings is 1. The van der Waals surface area contributed by atoms with Gasteiger partial charge in [0, 0.05) is 24.7 Å². The number of carbonyl (C=O) groups excluding carboxylic acids is 1. The normalized spacial score (nSPS) is 10.6. The molecule has 0 spiro atoms. The van der Waals surface area contributed by atoms with E-state index in [2.05, 4.69) is 15.4 Å². The maximum Gasteiger partial charge on any atom is 0.259 e. The van der Waals surface area contributed by atoms with Crippen LogP contribution >= 0.6 is 0 Å². The minimum absolute atomic E-state index is 0.110. The maximum atomic E-state index is 12.5. The molecule has 3 aromatic rings. The van der Waals surface area contributed by atoms with E-state index in [0.717, 1.165) is 16.9 Å². The summed E-state index contributed by atoms with van der Waals surface area (Å²) >= 11 is 0. The quantitative estimate of drug-likeness (QED) is 0.756. The van der Waals surface area contributed by atoms with E-state index in [4.69, 9.17) is 5.11 Å². The van der Waals surface area contributed by atoms with E-state index in [-0.39, 0.29) is 12.5 Å². The Kier molecular flexibility index (Phi) is 4.67. The zero-order valence-corrected chi connectivity index (χ0v) is 13.3. The van der Waals surface area contributed by atoms with Gasteiger partial charge in [0.05, 0.1) is 23.1 Å². The van der Waals surface area contributed by atoms with Crippen molar-refractivity contribution >= 4 is 11.6 Å². The van der Waals surface area contributed by atoms with Gasteiger partial charge in [0.2, 0.25) is 0 Å². The molecule has 0 radical (unpaired) electrons. The summed E-state index contributed by atoms with van der Waals surface area (Å²) in [4.78, 5) is 16.5. The largest absolute Gasteiger partial charge is 0.396 e. The summed E-state index contributed by atoms with van der Waals surface area (Å²) in [5, 5.41) is 16.1. The van der Waals surface area contributed by atoms with E-state index < -0.39 is 0 Å². The monoisotopic (exact) mass is 322 g/mol. The number of nitrogens with one attached hydrogen (secondary N) is 1. The second-order valence-corrected chi connectivity index (χ2v) is 5.39. The number of hydrogen-bond acceptors (Lipinski definition) is 4. The number of aliphatic hydroxyl groups is 1. The first-order valence-corrected chi connectivity index (χ1v) is 7.65. The summed E-state index contributed by atoms with van der Waals surface area (Å²) in [6, 6.07) is 11.1. The molecule has 0 unspecified atom stereocenters. The highest BCUT2D eigenvalue weighted by Crippen LogP contribution is 2.16. The highest BCUT2D eigenvalue weighted by Gasteiger charge is 2.15. The summed E-state index contributed by atoms with van der Waals surface area (Å²) in [6.07, 6.45) is 5.53. The Labute approximate surface area is 139 Å². The first-order chi connectivity index (χ1) is 11.7. The van der Waals surface area contributed by atoms with Crippen LogP contribution in [0.4, 0.5) is 5.69 Å². The number of amides is 1. The standard InChI is InChI=1S/C18H18N4O2/c1-13-17(12-20-22(13)16-6-9-19-10-7-16)18(24)21-15-4-2-14(3-5-15)8-11-23/h2-7,9-10,12,23H,8,11H2,1H3,(H,21,24). The van der Waals surface area contributed by atoms with Gasteiger partial charge in [-0.15, -0.1) is 0 Å². The molecule has 0 aliphatic heterocycles. The molecule has 1 aromatic carbocycles. The molecule has 2 aromatic heterocycles. The Morgan fingerprint density at radius 2 is 1.88 bits per heavy atom. The lowest BCUT2D eigenvalue weighted by atomic mass is 10.1. The minimum atomic E-state index is -0.206. The second kappa shape index (κ2) is 7.06. The zero-order valence-electron chi connectivity index (χ0n) is 13.3. The molecule has 0 saturated carbocycles. The third-order valence-corrected chi connectivity index (χ3v) is 3.77. The molecule has 2 heterocycles. The molecule has 0 saturated heterocycles. The highest BCUT2D eigenvalue weighted by molar-refractivity contribution is 6.04. The molecule has 6 nitrogen and oxygen atoms in total. The van der Waals surface area contributed by atoms with Crippen molar-refractivity contribution in [2.45, 2.75) is 13.3 Å². The van der Waals surface area contributed by atoms with Gasteiger partial charge in [0.1, 0.15) is 0 Å². The smallest absolute Gasteiger partial charge is 0.259 e. The van der Waals surface area contributed by atoms with Crippen LogP contribution in [0.5, 0.6) is 0 Å². The molecule has 3 rings (SSSR count). The highest BCUT2D eigenvalue weighted by atomic mass is 16.3. The van der Waals surface area contributed by atoms with Gasteiger partial charge in [-0.05, 0) is 43.2 Å². The van der Waals surface area contributed by atoms with Crippen LogP contribution in [0, 0.1) is 6.92 Å². The van der Waals surface area contributed by atoms with E-state index in [1.165, 1.54) is 0 Å². The fourth-order valence-corrected chi connectivity index (χ4v) is 2.46. The molecule has 0 aliphatic carbocycles. The fraction of sp³-hybridized carbons (Fsp3) is 0.167. The van der Waals surface area contributed by atoms with Gasteiger partial charge in [-0.2, -0.15) is 5.10 Å². The summed E-state index contributed by atoms with van der Waals surface area (Å²) in [6.45, 7) is 1.96. The van der Waals surface area contributed by atoms with Crippen molar-refractivity contribution in [1.29, 1.82) is 0 Å². The van der Waals surface area contributed by atoms with E-state index in [9.17, 15) is 4.79 Å². The molecule has 122 valence electrons. The van der Waals surface area contributed by atoms with Crippen molar-refractivity contribution < 1.29 is 9.90 Å². The Balaban J connectivity index is 1.77. The number of carbonyl (C=O) groups is 1. The van der Waals surface area contributed by atoms with Crippen molar-refractivity contribution in [2.24, 2.45) is 0 Å². The minimum Gasteiger partial charge on any atom is -0.396 e. The molecule has 2 N–H and O–H groups in total. The average molecular weight is 322 g/mol. The summed E-state index contributed by atoms with van der Waals surface area (Å²) in [5.41, 5.74) is 3.87. The van der Waals surface area contributed by atoms with Crippen molar-refractivity contribution in [3.05, 3.63) is 71.8 Å². The van der Waals surface area contributed by atoms with E-state index in [1.807, 2.05) is 43.3 Å². The van der Waals surface area contributed by atoms with Crippen LogP contribution < -0.4 is 5.32 Å². The van der Waals surface area contributed by atoms with Crippen molar-refractivity contribution in [3.63, 3.8) is 0 Å². The van der Waals surface area contributed by atoms with Crippen LogP contribution in [-0.2, 0) is 6.42 Å². The van der Waals surface area contributed by atoms with Crippen molar-refractivity contribution in [2.75, 3.05) is 11.9 Å². The predicted molar refractivity (Wildman–Crippen MR) is 91.3 cm³/mol. The fourth-order valence-electron chi connectivity index (χ4n) is 2.46. The Morgan fingerprint density at radius 3 is 2.54 bits per heavy atom. The predicted octanol–water partition coefficient (Wildman–Crippen LogP) is 2.36. The molecule has 0 fully saturated rings. The summed E-state index contributed by atoms with van der Waals surface area (Å²) < 4.78 is 1.71. The number of pyridine rings is 1. The van der Waals surface area contributed by atoms with Crippen LogP contribution in [-0.4, -0.2) is 32.4 Å². The van der Waals surface area contributed by atoms with E-state index in [0.29, 0.717) is 17.7 Å². The number of nitrogens with zero attached hydrogens (tertiary/aromatic N) is 3. The summed E-state index contributed by atoms with van der Waals surface area (Å²) in [5.74, 6) is -0.206. The van der Waals surface area contributed by atoms with Gasteiger partial charge in [-0.25, -0.2) is 4.68 Å². The first kappa shape index (κ1) is 15.9. The van der Waals surface area contributed by atoms with Crippen molar-refractivity contribution in [1.82, 2.24) is 14.8 Å². The lowest BCUT2D eigenvalue weighted by Gasteiger charge is -2.07. The van der Waals surface area contributed by atoms with Gasteiger partial charge in [0.15, 0.2) is 0 Å². The summed E-state index contributed by atoms with van der Waals surface area (Å²) in [7, 11) is 0. The third kappa shape index (κ3) is 3.33. The number of aromatic nitrogens is 3. The Morgan fingerprint density at radius 1 is 1.17 bits per heavy atom. The van der Waals surface area contributed by atoms with Gasteiger partial charge in [0.25, 0.3) is 5.91 Å². The van der Waals surface area contributed by atoms with Gasteiger partial charge in [-0.3, -0.25) is 9.78 Å². The number of rotatable bonds is 5.